The molecule has 3 aromatic carbocycles. The van der Waals surface area contributed by atoms with Gasteiger partial charge in [-0.15, -0.1) is 0 Å². The van der Waals surface area contributed by atoms with E-state index in [1.807, 2.05) is 50.2 Å². The van der Waals surface area contributed by atoms with Crippen molar-refractivity contribution in [3.63, 3.8) is 0 Å². The van der Waals surface area contributed by atoms with E-state index in [-0.39, 0.29) is 22.2 Å². The van der Waals surface area contributed by atoms with Crippen LogP contribution in [0.15, 0.2) is 79.1 Å². The van der Waals surface area contributed by atoms with Crippen molar-refractivity contribution in [3.8, 4) is 29.8 Å². The smallest absolute Gasteiger partial charge is 0.338 e. The van der Waals surface area contributed by atoms with Crippen LogP contribution in [-0.2, 0) is 4.74 Å². The SMILES string of the molecule is CCOC(=O)c1ccc(C#Cc2cnc3c(N)nc4cc(C)ccc4c3c2)c(C)c1.Cc1cc(C(=O)O)ccc1C#Cc1cnc(C#N)c(Cl)c1. The van der Waals surface area contributed by atoms with Gasteiger partial charge in [0.1, 0.15) is 11.6 Å². The quantitative estimate of drug-likeness (QED) is 0.109. The minimum Gasteiger partial charge on any atom is -0.478 e. The number of carboxylic acid groups (broad SMARTS) is 1. The Bertz CT molecular complexity index is 2530. The minimum atomic E-state index is -0.972. The molecule has 3 heterocycles. The summed E-state index contributed by atoms with van der Waals surface area (Å²) in [6.45, 7) is 7.88. The van der Waals surface area contributed by atoms with Crippen molar-refractivity contribution >= 4 is 51.2 Å². The number of carboxylic acids is 1. The van der Waals surface area contributed by atoms with Crippen molar-refractivity contribution < 1.29 is 19.4 Å². The molecule has 0 unspecified atom stereocenters. The van der Waals surface area contributed by atoms with Crippen LogP contribution in [0.3, 0.4) is 0 Å². The van der Waals surface area contributed by atoms with Crippen LogP contribution >= 0.6 is 11.6 Å². The molecular formula is C41H30ClN5O4. The third kappa shape index (κ3) is 8.47. The van der Waals surface area contributed by atoms with Gasteiger partial charge >= 0.3 is 11.9 Å². The molecule has 0 aliphatic heterocycles. The molecule has 6 rings (SSSR count). The van der Waals surface area contributed by atoms with E-state index in [0.29, 0.717) is 29.1 Å². The first kappa shape index (κ1) is 35.6. The average molecular weight is 692 g/mol. The number of aromatic nitrogens is 3. The first-order chi connectivity index (χ1) is 24.5. The van der Waals surface area contributed by atoms with Gasteiger partial charge in [0.05, 0.1) is 28.3 Å². The van der Waals surface area contributed by atoms with E-state index in [2.05, 4.69) is 38.6 Å². The summed E-state index contributed by atoms with van der Waals surface area (Å²) >= 11 is 5.88. The number of carbonyl (C=O) groups is 2. The number of anilines is 1. The number of ether oxygens (including phenoxy) is 1. The number of nitriles is 1. The Hall–Kier alpha value is -6.73. The summed E-state index contributed by atoms with van der Waals surface area (Å²) in [6, 6.07) is 21.6. The van der Waals surface area contributed by atoms with E-state index < -0.39 is 5.97 Å². The third-order valence-corrected chi connectivity index (χ3v) is 7.94. The summed E-state index contributed by atoms with van der Waals surface area (Å²) < 4.78 is 5.05. The molecule has 9 nitrogen and oxygen atoms in total. The first-order valence-electron chi connectivity index (χ1n) is 15.6. The van der Waals surface area contributed by atoms with Crippen LogP contribution < -0.4 is 5.73 Å². The summed E-state index contributed by atoms with van der Waals surface area (Å²) in [7, 11) is 0. The highest BCUT2D eigenvalue weighted by Gasteiger charge is 2.10. The summed E-state index contributed by atoms with van der Waals surface area (Å²) in [5.41, 5.74) is 14.3. The van der Waals surface area contributed by atoms with Crippen LogP contribution in [0, 0.1) is 55.8 Å². The molecule has 0 radical (unpaired) electrons. The minimum absolute atomic E-state index is 0.157. The van der Waals surface area contributed by atoms with E-state index in [0.717, 1.165) is 49.7 Å². The standard InChI is InChI=1S/C25H21N3O2.C16H9ClN2O2/c1-4-30-25(29)19-9-8-18(16(3)12-19)7-6-17-13-21-20-10-5-15(2)11-22(20)28-24(26)23(21)27-14-17;1-10-6-13(16(20)21)5-4-12(10)3-2-11-7-14(17)15(8-18)19-9-11/h5,8-14H,4H2,1-3H3,(H2,26,28);4-7,9H,1H3,(H,20,21). The number of hydrogen-bond acceptors (Lipinski definition) is 8. The maximum absolute atomic E-state index is 11.9. The Kier molecular flexibility index (Phi) is 10.9. The third-order valence-electron chi connectivity index (χ3n) is 7.66. The Morgan fingerprint density at radius 3 is 2.06 bits per heavy atom. The monoisotopic (exact) mass is 691 g/mol. The molecule has 51 heavy (non-hydrogen) atoms. The molecule has 0 bridgehead atoms. The molecule has 0 saturated carbocycles. The second-order valence-electron chi connectivity index (χ2n) is 11.4. The predicted octanol–water partition coefficient (Wildman–Crippen LogP) is 7.57. The second kappa shape index (κ2) is 15.7. The lowest BCUT2D eigenvalue weighted by Gasteiger charge is -2.07. The lowest BCUT2D eigenvalue weighted by atomic mass is 10.0. The number of hydrogen-bond donors (Lipinski definition) is 2. The molecule has 10 heteroatoms. The molecular weight excluding hydrogens is 662 g/mol. The number of halogens is 1. The lowest BCUT2D eigenvalue weighted by molar-refractivity contribution is 0.0525. The van der Waals surface area contributed by atoms with Gasteiger partial charge in [-0.2, -0.15) is 5.26 Å². The Balaban J connectivity index is 0.000000211. The molecule has 0 saturated heterocycles. The Morgan fingerprint density at radius 1 is 0.824 bits per heavy atom. The number of carbonyl (C=O) groups excluding carboxylic acids is 1. The number of pyridine rings is 3. The van der Waals surface area contributed by atoms with Crippen molar-refractivity contribution in [1.29, 1.82) is 5.26 Å². The predicted molar refractivity (Wildman–Crippen MR) is 197 cm³/mol. The van der Waals surface area contributed by atoms with Crippen molar-refractivity contribution in [3.05, 3.63) is 140 Å². The van der Waals surface area contributed by atoms with Crippen molar-refractivity contribution in [2.75, 3.05) is 12.3 Å². The summed E-state index contributed by atoms with van der Waals surface area (Å²) in [6.07, 6.45) is 3.17. The molecule has 0 fully saturated rings. The van der Waals surface area contributed by atoms with Crippen LogP contribution in [0.1, 0.15) is 72.3 Å². The number of nitrogen functional groups attached to an aromatic ring is 1. The molecule has 3 aromatic heterocycles. The molecule has 0 aliphatic rings. The fraction of sp³-hybridized carbons (Fsp3) is 0.122. The zero-order chi connectivity index (χ0) is 36.7. The molecule has 0 amide bonds. The number of aromatic carboxylic acids is 1. The number of esters is 1. The number of nitrogens with zero attached hydrogens (tertiary/aromatic N) is 4. The lowest BCUT2D eigenvalue weighted by Crippen LogP contribution is -2.05. The zero-order valence-electron chi connectivity index (χ0n) is 28.1. The summed E-state index contributed by atoms with van der Waals surface area (Å²) in [5.74, 6) is 11.3. The summed E-state index contributed by atoms with van der Waals surface area (Å²) in [4.78, 5) is 35.6. The maximum Gasteiger partial charge on any atom is 0.338 e. The second-order valence-corrected chi connectivity index (χ2v) is 11.8. The van der Waals surface area contributed by atoms with Crippen LogP contribution in [0.2, 0.25) is 5.02 Å². The number of aryl methyl sites for hydroxylation is 3. The summed E-state index contributed by atoms with van der Waals surface area (Å²) in [5, 5.41) is 19.8. The largest absolute Gasteiger partial charge is 0.478 e. The van der Waals surface area contributed by atoms with E-state index in [1.165, 1.54) is 12.3 Å². The van der Waals surface area contributed by atoms with E-state index in [9.17, 15) is 9.59 Å². The van der Waals surface area contributed by atoms with Gasteiger partial charge in [0.15, 0.2) is 11.5 Å². The zero-order valence-corrected chi connectivity index (χ0v) is 28.9. The molecule has 0 spiro atoms. The molecule has 0 aliphatic carbocycles. The first-order valence-corrected chi connectivity index (χ1v) is 16.0. The van der Waals surface area contributed by atoms with Crippen LogP contribution in [0.4, 0.5) is 5.82 Å². The van der Waals surface area contributed by atoms with Gasteiger partial charge in [-0.3, -0.25) is 4.98 Å². The maximum atomic E-state index is 11.9. The van der Waals surface area contributed by atoms with Crippen molar-refractivity contribution in [2.24, 2.45) is 0 Å². The Labute approximate surface area is 299 Å². The number of benzene rings is 3. The highest BCUT2D eigenvalue weighted by atomic mass is 35.5. The fourth-order valence-electron chi connectivity index (χ4n) is 5.04. The topological polar surface area (TPSA) is 152 Å². The van der Waals surface area contributed by atoms with E-state index >= 15 is 0 Å². The highest BCUT2D eigenvalue weighted by molar-refractivity contribution is 6.31. The van der Waals surface area contributed by atoms with Gasteiger partial charge in [-0.05, 0) is 99.0 Å². The van der Waals surface area contributed by atoms with Crippen molar-refractivity contribution in [1.82, 2.24) is 15.0 Å². The van der Waals surface area contributed by atoms with Gasteiger partial charge in [0.2, 0.25) is 0 Å². The van der Waals surface area contributed by atoms with Gasteiger partial charge in [0, 0.05) is 45.4 Å². The van der Waals surface area contributed by atoms with Crippen molar-refractivity contribution in [2.45, 2.75) is 27.7 Å². The molecule has 0 atom stereocenters. The molecule has 250 valence electrons. The number of fused-ring (bicyclic) bond motifs is 3. The van der Waals surface area contributed by atoms with E-state index in [4.69, 9.17) is 32.4 Å². The van der Waals surface area contributed by atoms with Gasteiger partial charge in [0.25, 0.3) is 0 Å². The molecule has 3 N–H and O–H groups in total. The van der Waals surface area contributed by atoms with Crippen LogP contribution in [0.25, 0.3) is 21.8 Å². The molecule has 6 aromatic rings. The number of rotatable bonds is 3. The average Bonchev–Trinajstić information content (AvgIpc) is 3.10. The fourth-order valence-corrected chi connectivity index (χ4v) is 5.25. The Morgan fingerprint density at radius 2 is 1.45 bits per heavy atom. The number of nitrogens with two attached hydrogens (primary N) is 1. The van der Waals surface area contributed by atoms with Crippen LogP contribution in [0.5, 0.6) is 0 Å². The highest BCUT2D eigenvalue weighted by Crippen LogP contribution is 2.27. The normalized spacial score (nSPS) is 10.1. The van der Waals surface area contributed by atoms with Gasteiger partial charge in [-0.1, -0.05) is 47.4 Å². The van der Waals surface area contributed by atoms with E-state index in [1.54, 1.807) is 50.4 Å². The van der Waals surface area contributed by atoms with Gasteiger partial charge < -0.3 is 15.6 Å². The van der Waals surface area contributed by atoms with Crippen LogP contribution in [-0.4, -0.2) is 38.6 Å². The van der Waals surface area contributed by atoms with Gasteiger partial charge in [-0.25, -0.2) is 19.6 Å².